The third kappa shape index (κ3) is 4.76. The van der Waals surface area contributed by atoms with Gasteiger partial charge in [0.1, 0.15) is 12.4 Å². The molecule has 0 aliphatic heterocycles. The molecule has 0 unspecified atom stereocenters. The van der Waals surface area contributed by atoms with Crippen molar-refractivity contribution < 1.29 is 4.74 Å². The molecule has 21 heavy (non-hydrogen) atoms. The van der Waals surface area contributed by atoms with Gasteiger partial charge in [-0.2, -0.15) is 0 Å². The summed E-state index contributed by atoms with van der Waals surface area (Å²) in [5.74, 6) is 0.752. The molecule has 0 spiro atoms. The SMILES string of the molecule is CCN(CCOc1ccccc1N)Cc1cccc(C)n1. The first-order chi connectivity index (χ1) is 10.2. The highest BCUT2D eigenvalue weighted by Gasteiger charge is 2.06. The predicted molar refractivity (Wildman–Crippen MR) is 86.3 cm³/mol. The highest BCUT2D eigenvalue weighted by molar-refractivity contribution is 5.51. The summed E-state index contributed by atoms with van der Waals surface area (Å²) in [4.78, 5) is 6.85. The second-order valence-electron chi connectivity index (χ2n) is 5.03. The van der Waals surface area contributed by atoms with Gasteiger partial charge < -0.3 is 10.5 Å². The number of anilines is 1. The number of aromatic nitrogens is 1. The first kappa shape index (κ1) is 15.3. The third-order valence-corrected chi connectivity index (χ3v) is 3.36. The summed E-state index contributed by atoms with van der Waals surface area (Å²) in [6.07, 6.45) is 0. The van der Waals surface area contributed by atoms with Crippen LogP contribution < -0.4 is 10.5 Å². The molecule has 112 valence electrons. The van der Waals surface area contributed by atoms with Gasteiger partial charge in [-0.3, -0.25) is 9.88 Å². The summed E-state index contributed by atoms with van der Waals surface area (Å²) < 4.78 is 5.74. The molecule has 1 aromatic heterocycles. The van der Waals surface area contributed by atoms with E-state index < -0.39 is 0 Å². The van der Waals surface area contributed by atoms with E-state index in [1.54, 1.807) is 0 Å². The van der Waals surface area contributed by atoms with Crippen molar-refractivity contribution in [1.82, 2.24) is 9.88 Å². The quantitative estimate of drug-likeness (QED) is 0.795. The Morgan fingerprint density at radius 2 is 1.95 bits per heavy atom. The van der Waals surface area contributed by atoms with E-state index in [-0.39, 0.29) is 0 Å². The van der Waals surface area contributed by atoms with Gasteiger partial charge in [-0.15, -0.1) is 0 Å². The minimum atomic E-state index is 0.619. The number of nitrogen functional groups attached to an aromatic ring is 1. The molecule has 1 aromatic carbocycles. The van der Waals surface area contributed by atoms with Gasteiger partial charge in [0.15, 0.2) is 0 Å². The number of nitrogens with zero attached hydrogens (tertiary/aromatic N) is 2. The molecule has 0 fully saturated rings. The molecule has 0 aliphatic rings. The number of likely N-dealkylation sites (N-methyl/N-ethyl adjacent to an activating group) is 1. The number of para-hydroxylation sites is 2. The zero-order valence-corrected chi connectivity index (χ0v) is 12.7. The number of nitrogens with two attached hydrogens (primary N) is 1. The summed E-state index contributed by atoms with van der Waals surface area (Å²) in [5, 5.41) is 0. The number of aryl methyl sites for hydroxylation is 1. The molecule has 0 aliphatic carbocycles. The lowest BCUT2D eigenvalue weighted by Crippen LogP contribution is -2.28. The Bertz CT molecular complexity index is 571. The molecule has 0 radical (unpaired) electrons. The van der Waals surface area contributed by atoms with Crippen LogP contribution >= 0.6 is 0 Å². The fraction of sp³-hybridized carbons (Fsp3) is 0.353. The normalized spacial score (nSPS) is 10.8. The third-order valence-electron chi connectivity index (χ3n) is 3.36. The van der Waals surface area contributed by atoms with Crippen molar-refractivity contribution in [3.8, 4) is 5.75 Å². The molecule has 0 saturated carbocycles. The van der Waals surface area contributed by atoms with Crippen LogP contribution in [0.15, 0.2) is 42.5 Å². The molecule has 1 heterocycles. The van der Waals surface area contributed by atoms with E-state index in [9.17, 15) is 0 Å². The van der Waals surface area contributed by atoms with Crippen molar-refractivity contribution in [3.05, 3.63) is 53.9 Å². The molecule has 0 amide bonds. The first-order valence-electron chi connectivity index (χ1n) is 7.31. The van der Waals surface area contributed by atoms with Crippen LogP contribution in [0, 0.1) is 6.92 Å². The van der Waals surface area contributed by atoms with Crippen molar-refractivity contribution in [2.24, 2.45) is 0 Å². The van der Waals surface area contributed by atoms with Crippen molar-refractivity contribution in [2.75, 3.05) is 25.4 Å². The first-order valence-corrected chi connectivity index (χ1v) is 7.31. The summed E-state index contributed by atoms with van der Waals surface area (Å²) in [6.45, 7) is 7.43. The number of ether oxygens (including phenoxy) is 1. The Balaban J connectivity index is 1.84. The van der Waals surface area contributed by atoms with E-state index in [1.165, 1.54) is 0 Å². The number of pyridine rings is 1. The Morgan fingerprint density at radius 1 is 1.14 bits per heavy atom. The lowest BCUT2D eigenvalue weighted by Gasteiger charge is -2.20. The lowest BCUT2D eigenvalue weighted by molar-refractivity contribution is 0.209. The topological polar surface area (TPSA) is 51.4 Å². The van der Waals surface area contributed by atoms with E-state index in [0.717, 1.165) is 36.8 Å². The molecule has 0 atom stereocenters. The van der Waals surface area contributed by atoms with Crippen LogP contribution in [0.4, 0.5) is 5.69 Å². The van der Waals surface area contributed by atoms with Crippen molar-refractivity contribution in [2.45, 2.75) is 20.4 Å². The summed E-state index contributed by atoms with van der Waals surface area (Å²) in [7, 11) is 0. The Hall–Kier alpha value is -2.07. The minimum Gasteiger partial charge on any atom is -0.490 e. The van der Waals surface area contributed by atoms with Gasteiger partial charge in [-0.25, -0.2) is 0 Å². The minimum absolute atomic E-state index is 0.619. The Labute approximate surface area is 126 Å². The van der Waals surface area contributed by atoms with Crippen LogP contribution in [0.1, 0.15) is 18.3 Å². The van der Waals surface area contributed by atoms with Crippen LogP contribution in [0.25, 0.3) is 0 Å². The van der Waals surface area contributed by atoms with E-state index in [1.807, 2.05) is 43.3 Å². The van der Waals surface area contributed by atoms with Crippen molar-refractivity contribution in [1.29, 1.82) is 0 Å². The highest BCUT2D eigenvalue weighted by Crippen LogP contribution is 2.19. The van der Waals surface area contributed by atoms with E-state index >= 15 is 0 Å². The van der Waals surface area contributed by atoms with Gasteiger partial charge in [0.2, 0.25) is 0 Å². The largest absolute Gasteiger partial charge is 0.490 e. The van der Waals surface area contributed by atoms with Crippen LogP contribution in [0.5, 0.6) is 5.75 Å². The van der Waals surface area contributed by atoms with Crippen LogP contribution in [0.3, 0.4) is 0 Å². The number of benzene rings is 1. The fourth-order valence-corrected chi connectivity index (χ4v) is 2.16. The van der Waals surface area contributed by atoms with E-state index in [0.29, 0.717) is 12.3 Å². The van der Waals surface area contributed by atoms with Gasteiger partial charge in [-0.1, -0.05) is 25.1 Å². The van der Waals surface area contributed by atoms with Crippen LogP contribution in [-0.2, 0) is 6.54 Å². The van der Waals surface area contributed by atoms with Crippen LogP contribution in [-0.4, -0.2) is 29.6 Å². The van der Waals surface area contributed by atoms with Crippen molar-refractivity contribution in [3.63, 3.8) is 0 Å². The van der Waals surface area contributed by atoms with Crippen LogP contribution in [0.2, 0.25) is 0 Å². The monoisotopic (exact) mass is 285 g/mol. The van der Waals surface area contributed by atoms with Crippen molar-refractivity contribution >= 4 is 5.69 Å². The van der Waals surface area contributed by atoms with Gasteiger partial charge in [0.05, 0.1) is 11.4 Å². The highest BCUT2D eigenvalue weighted by atomic mass is 16.5. The number of rotatable bonds is 7. The second-order valence-corrected chi connectivity index (χ2v) is 5.03. The lowest BCUT2D eigenvalue weighted by atomic mass is 10.3. The molecule has 0 saturated heterocycles. The van der Waals surface area contributed by atoms with E-state index in [4.69, 9.17) is 10.5 Å². The molecule has 4 nitrogen and oxygen atoms in total. The Morgan fingerprint density at radius 3 is 2.67 bits per heavy atom. The van der Waals surface area contributed by atoms with Gasteiger partial charge in [0, 0.05) is 18.8 Å². The molecule has 2 N–H and O–H groups in total. The van der Waals surface area contributed by atoms with E-state index in [2.05, 4.69) is 22.9 Å². The molecule has 4 heteroatoms. The zero-order valence-electron chi connectivity index (χ0n) is 12.7. The molecular weight excluding hydrogens is 262 g/mol. The maximum atomic E-state index is 5.86. The maximum absolute atomic E-state index is 5.86. The average Bonchev–Trinajstić information content (AvgIpc) is 2.48. The Kier molecular flexibility index (Phi) is 5.58. The predicted octanol–water partition coefficient (Wildman–Crippen LogP) is 2.87. The average molecular weight is 285 g/mol. The molecular formula is C17H23N3O. The summed E-state index contributed by atoms with van der Waals surface area (Å²) in [5.41, 5.74) is 8.69. The molecule has 2 rings (SSSR count). The van der Waals surface area contributed by atoms with Gasteiger partial charge in [0.25, 0.3) is 0 Å². The van der Waals surface area contributed by atoms with Gasteiger partial charge in [-0.05, 0) is 37.7 Å². The smallest absolute Gasteiger partial charge is 0.142 e. The second kappa shape index (κ2) is 7.64. The molecule has 2 aromatic rings. The number of hydrogen-bond acceptors (Lipinski definition) is 4. The maximum Gasteiger partial charge on any atom is 0.142 e. The van der Waals surface area contributed by atoms with Gasteiger partial charge >= 0.3 is 0 Å². The summed E-state index contributed by atoms with van der Waals surface area (Å²) >= 11 is 0. The standard InChI is InChI=1S/C17H23N3O/c1-3-20(13-15-8-6-7-14(2)19-15)11-12-21-17-10-5-4-9-16(17)18/h4-10H,3,11-13,18H2,1-2H3. The summed E-state index contributed by atoms with van der Waals surface area (Å²) in [6, 6.07) is 13.7. The molecule has 0 bridgehead atoms. The fourth-order valence-electron chi connectivity index (χ4n) is 2.16. The number of hydrogen-bond donors (Lipinski definition) is 1. The zero-order chi connectivity index (χ0) is 15.1.